The maximum atomic E-state index is 13.8. The molecule has 1 fully saturated rings. The standard InChI is InChI=1S/C18H16F2N2O3S/c19-13-4-6-15(20)17(9-13)26(24,25)21-14-5-3-11-7-8-22(16(11)10-14)18(23)12-1-2-12/h3-6,9-10,12,21H,1-2,7-8H2. The maximum Gasteiger partial charge on any atom is 0.264 e. The Hall–Kier alpha value is -2.48. The van der Waals surface area contributed by atoms with Crippen LogP contribution in [0.5, 0.6) is 0 Å². The number of hydrogen-bond donors (Lipinski definition) is 1. The van der Waals surface area contributed by atoms with Crippen molar-refractivity contribution >= 4 is 27.3 Å². The Morgan fingerprint density at radius 3 is 2.62 bits per heavy atom. The van der Waals surface area contributed by atoms with Crippen molar-refractivity contribution in [1.82, 2.24) is 0 Å². The number of amides is 1. The maximum absolute atomic E-state index is 13.8. The topological polar surface area (TPSA) is 66.5 Å². The van der Waals surface area contributed by atoms with Crippen LogP contribution < -0.4 is 9.62 Å². The lowest BCUT2D eigenvalue weighted by Crippen LogP contribution is -2.30. The number of nitrogens with one attached hydrogen (secondary N) is 1. The van der Waals surface area contributed by atoms with Gasteiger partial charge in [-0.05, 0) is 55.2 Å². The fraction of sp³-hybridized carbons (Fsp3) is 0.278. The van der Waals surface area contributed by atoms with E-state index >= 15 is 0 Å². The van der Waals surface area contributed by atoms with E-state index in [2.05, 4.69) is 4.72 Å². The molecule has 26 heavy (non-hydrogen) atoms. The second kappa shape index (κ2) is 6.05. The fourth-order valence-electron chi connectivity index (χ4n) is 3.12. The van der Waals surface area contributed by atoms with Gasteiger partial charge in [0.25, 0.3) is 10.0 Å². The van der Waals surface area contributed by atoms with Gasteiger partial charge in [0.2, 0.25) is 5.91 Å². The van der Waals surface area contributed by atoms with Crippen molar-refractivity contribution in [2.45, 2.75) is 24.2 Å². The van der Waals surface area contributed by atoms with Crippen LogP contribution in [0.15, 0.2) is 41.3 Å². The number of carbonyl (C=O) groups is 1. The zero-order valence-corrected chi connectivity index (χ0v) is 14.5. The van der Waals surface area contributed by atoms with Gasteiger partial charge in [-0.25, -0.2) is 17.2 Å². The second-order valence-corrected chi connectivity index (χ2v) is 8.19. The van der Waals surface area contributed by atoms with E-state index in [9.17, 15) is 22.0 Å². The number of hydrogen-bond acceptors (Lipinski definition) is 3. The van der Waals surface area contributed by atoms with Gasteiger partial charge < -0.3 is 4.90 Å². The summed E-state index contributed by atoms with van der Waals surface area (Å²) in [6.45, 7) is 0.569. The molecular weight excluding hydrogens is 362 g/mol. The molecule has 4 rings (SSSR count). The molecule has 0 unspecified atom stereocenters. The molecule has 1 amide bonds. The van der Waals surface area contributed by atoms with Gasteiger partial charge in [-0.3, -0.25) is 9.52 Å². The van der Waals surface area contributed by atoms with Gasteiger partial charge in [0.1, 0.15) is 16.5 Å². The third kappa shape index (κ3) is 3.05. The molecule has 0 bridgehead atoms. The van der Waals surface area contributed by atoms with E-state index < -0.39 is 26.6 Å². The molecule has 8 heteroatoms. The van der Waals surface area contributed by atoms with Crippen LogP contribution in [0.4, 0.5) is 20.2 Å². The summed E-state index contributed by atoms with van der Waals surface area (Å²) in [5.41, 5.74) is 1.82. The Bertz CT molecular complexity index is 1000. The number of halogens is 2. The Morgan fingerprint density at radius 2 is 1.88 bits per heavy atom. The second-order valence-electron chi connectivity index (χ2n) is 6.54. The molecule has 5 nitrogen and oxygen atoms in total. The lowest BCUT2D eigenvalue weighted by molar-refractivity contribution is -0.119. The lowest BCUT2D eigenvalue weighted by Gasteiger charge is -2.18. The van der Waals surface area contributed by atoms with Gasteiger partial charge in [-0.15, -0.1) is 0 Å². The molecule has 1 aliphatic heterocycles. The Morgan fingerprint density at radius 1 is 1.12 bits per heavy atom. The van der Waals surface area contributed by atoms with E-state index in [4.69, 9.17) is 0 Å². The summed E-state index contributed by atoms with van der Waals surface area (Å²) in [4.78, 5) is 13.3. The number of sulfonamides is 1. The SMILES string of the molecule is O=C(C1CC1)N1CCc2ccc(NS(=O)(=O)c3cc(F)ccc3F)cc21. The first-order valence-electron chi connectivity index (χ1n) is 8.27. The molecule has 0 radical (unpaired) electrons. The summed E-state index contributed by atoms with van der Waals surface area (Å²) in [6.07, 6.45) is 2.48. The quantitative estimate of drug-likeness (QED) is 0.889. The number of anilines is 2. The summed E-state index contributed by atoms with van der Waals surface area (Å²) in [5.74, 6) is -1.77. The fourth-order valence-corrected chi connectivity index (χ4v) is 4.26. The van der Waals surface area contributed by atoms with Crippen LogP contribution in [0.2, 0.25) is 0 Å². The highest BCUT2D eigenvalue weighted by molar-refractivity contribution is 7.92. The van der Waals surface area contributed by atoms with Crippen LogP contribution in [0, 0.1) is 17.6 Å². The van der Waals surface area contributed by atoms with Gasteiger partial charge in [0.05, 0.1) is 5.69 Å². The van der Waals surface area contributed by atoms with Crippen LogP contribution in [0.1, 0.15) is 18.4 Å². The van der Waals surface area contributed by atoms with Crippen molar-refractivity contribution < 1.29 is 22.0 Å². The molecule has 1 saturated carbocycles. The Balaban J connectivity index is 1.64. The van der Waals surface area contributed by atoms with Gasteiger partial charge in [-0.2, -0.15) is 0 Å². The highest BCUT2D eigenvalue weighted by Crippen LogP contribution is 2.37. The molecule has 2 aliphatic rings. The first-order valence-corrected chi connectivity index (χ1v) is 9.76. The summed E-state index contributed by atoms with van der Waals surface area (Å²) in [7, 11) is -4.29. The molecule has 136 valence electrons. The van der Waals surface area contributed by atoms with E-state index in [1.165, 1.54) is 0 Å². The molecular formula is C18H16F2N2O3S. The summed E-state index contributed by atoms with van der Waals surface area (Å²) in [5, 5.41) is 0. The van der Waals surface area contributed by atoms with Crippen molar-refractivity contribution in [1.29, 1.82) is 0 Å². The van der Waals surface area contributed by atoms with Crippen LogP contribution >= 0.6 is 0 Å². The predicted octanol–water partition coefficient (Wildman–Crippen LogP) is 3.06. The van der Waals surface area contributed by atoms with E-state index in [1.807, 2.05) is 0 Å². The van der Waals surface area contributed by atoms with E-state index in [-0.39, 0.29) is 17.5 Å². The predicted molar refractivity (Wildman–Crippen MR) is 92.4 cm³/mol. The minimum Gasteiger partial charge on any atom is -0.312 e. The molecule has 0 saturated heterocycles. The number of benzene rings is 2. The van der Waals surface area contributed by atoms with Crippen molar-refractivity contribution in [2.24, 2.45) is 5.92 Å². The molecule has 0 atom stereocenters. The summed E-state index contributed by atoms with van der Waals surface area (Å²) >= 11 is 0. The molecule has 1 N–H and O–H groups in total. The van der Waals surface area contributed by atoms with E-state index in [1.54, 1.807) is 23.1 Å². The highest BCUT2D eigenvalue weighted by Gasteiger charge is 2.36. The van der Waals surface area contributed by atoms with E-state index in [0.29, 0.717) is 24.7 Å². The van der Waals surface area contributed by atoms with Gasteiger partial charge in [0, 0.05) is 18.2 Å². The van der Waals surface area contributed by atoms with Crippen molar-refractivity contribution in [3.8, 4) is 0 Å². The van der Waals surface area contributed by atoms with Crippen molar-refractivity contribution in [3.05, 3.63) is 53.6 Å². The average Bonchev–Trinajstić information content (AvgIpc) is 3.36. The van der Waals surface area contributed by atoms with Crippen LogP contribution in [0.25, 0.3) is 0 Å². The number of nitrogens with zero attached hydrogens (tertiary/aromatic N) is 1. The minimum absolute atomic E-state index is 0.0555. The molecule has 0 aromatic heterocycles. The first kappa shape index (κ1) is 17.0. The molecule has 2 aromatic rings. The zero-order chi connectivity index (χ0) is 18.5. The van der Waals surface area contributed by atoms with Crippen LogP contribution in [0.3, 0.4) is 0 Å². The van der Waals surface area contributed by atoms with Crippen molar-refractivity contribution in [3.63, 3.8) is 0 Å². The molecule has 0 spiro atoms. The number of carbonyl (C=O) groups excluding carboxylic acids is 1. The highest BCUT2D eigenvalue weighted by atomic mass is 32.2. The van der Waals surface area contributed by atoms with Gasteiger partial charge >= 0.3 is 0 Å². The smallest absolute Gasteiger partial charge is 0.264 e. The average molecular weight is 378 g/mol. The molecule has 2 aromatic carbocycles. The minimum atomic E-state index is -4.29. The molecule has 1 heterocycles. The summed E-state index contributed by atoms with van der Waals surface area (Å²) in [6, 6.07) is 7.12. The summed E-state index contributed by atoms with van der Waals surface area (Å²) < 4.78 is 54.2. The Kier molecular flexibility index (Phi) is 3.95. The number of fused-ring (bicyclic) bond motifs is 1. The van der Waals surface area contributed by atoms with Gasteiger partial charge in [-0.1, -0.05) is 6.07 Å². The lowest BCUT2D eigenvalue weighted by atomic mass is 10.1. The van der Waals surface area contributed by atoms with Crippen molar-refractivity contribution in [2.75, 3.05) is 16.2 Å². The third-order valence-electron chi connectivity index (χ3n) is 4.61. The largest absolute Gasteiger partial charge is 0.312 e. The van der Waals surface area contributed by atoms with Gasteiger partial charge in [0.15, 0.2) is 0 Å². The van der Waals surface area contributed by atoms with Crippen LogP contribution in [-0.4, -0.2) is 20.9 Å². The first-order chi connectivity index (χ1) is 12.3. The Labute approximate surface area is 149 Å². The monoisotopic (exact) mass is 378 g/mol. The molecule has 1 aliphatic carbocycles. The van der Waals surface area contributed by atoms with Crippen LogP contribution in [-0.2, 0) is 21.2 Å². The third-order valence-corrected chi connectivity index (χ3v) is 6.00. The zero-order valence-electron chi connectivity index (χ0n) is 13.7. The normalized spacial score (nSPS) is 16.5. The number of rotatable bonds is 4. The van der Waals surface area contributed by atoms with E-state index in [0.717, 1.165) is 30.5 Å².